The molecule has 0 unspecified atom stereocenters. The second-order valence-electron chi connectivity index (χ2n) is 4.39. The van der Waals surface area contributed by atoms with Crippen LogP contribution >= 0.6 is 0 Å². The fourth-order valence-electron chi connectivity index (χ4n) is 1.73. The topological polar surface area (TPSA) is 67.4 Å². The maximum atomic E-state index is 13.6. The smallest absolute Gasteiger partial charge is 0.411 e. The molecule has 8 heteroatoms. The van der Waals surface area contributed by atoms with Gasteiger partial charge in [0.05, 0.1) is 18.4 Å². The largest absolute Gasteiger partial charge is 0.453 e. The Morgan fingerprint density at radius 1 is 0.957 bits per heavy atom. The quantitative estimate of drug-likeness (QED) is 0.907. The number of carbonyl (C=O) groups excluding carboxylic acids is 2. The average Bonchev–Trinajstić information content (AvgIpc) is 2.52. The van der Waals surface area contributed by atoms with Gasteiger partial charge in [-0.15, -0.1) is 0 Å². The number of carbonyl (C=O) groups is 2. The third-order valence-corrected chi connectivity index (χ3v) is 2.82. The maximum Gasteiger partial charge on any atom is 0.411 e. The molecule has 0 radical (unpaired) electrons. The van der Waals surface area contributed by atoms with E-state index >= 15 is 0 Å². The summed E-state index contributed by atoms with van der Waals surface area (Å²) in [7, 11) is 1.10. The van der Waals surface area contributed by atoms with Crippen molar-refractivity contribution in [2.24, 2.45) is 0 Å². The molecular weight excluding hydrogens is 313 g/mol. The van der Waals surface area contributed by atoms with Crippen LogP contribution in [-0.4, -0.2) is 19.1 Å². The highest BCUT2D eigenvalue weighted by molar-refractivity contribution is 6.04. The fourth-order valence-corrected chi connectivity index (χ4v) is 1.73. The van der Waals surface area contributed by atoms with Gasteiger partial charge in [-0.25, -0.2) is 18.0 Å². The molecular formula is C15H11F3N2O3. The molecule has 2 N–H and O–H groups in total. The van der Waals surface area contributed by atoms with Crippen LogP contribution < -0.4 is 10.6 Å². The lowest BCUT2D eigenvalue weighted by atomic mass is 10.2. The number of hydrogen-bond acceptors (Lipinski definition) is 3. The maximum absolute atomic E-state index is 13.6. The van der Waals surface area contributed by atoms with Gasteiger partial charge in [-0.3, -0.25) is 10.1 Å². The zero-order valence-corrected chi connectivity index (χ0v) is 11.8. The molecule has 2 amide bonds. The minimum absolute atomic E-state index is 0.0754. The van der Waals surface area contributed by atoms with E-state index in [9.17, 15) is 22.8 Å². The van der Waals surface area contributed by atoms with E-state index in [4.69, 9.17) is 0 Å². The second kappa shape index (κ2) is 6.82. The van der Waals surface area contributed by atoms with Crippen LogP contribution in [0, 0.1) is 17.5 Å². The van der Waals surface area contributed by atoms with Crippen LogP contribution in [0.15, 0.2) is 36.4 Å². The van der Waals surface area contributed by atoms with Gasteiger partial charge in [0.1, 0.15) is 17.5 Å². The SMILES string of the molecule is COC(=O)Nc1cc(NC(=O)c2cc(F)ccc2F)ccc1F. The van der Waals surface area contributed by atoms with E-state index in [1.54, 1.807) is 0 Å². The molecule has 2 aromatic carbocycles. The standard InChI is InChI=1S/C15H11F3N2O3/c1-23-15(22)20-13-7-9(3-5-12(13)18)19-14(21)10-6-8(16)2-4-11(10)17/h2-7H,1H3,(H,19,21)(H,20,22). The summed E-state index contributed by atoms with van der Waals surface area (Å²) in [6, 6.07) is 5.74. The first kappa shape index (κ1) is 16.3. The molecule has 0 aromatic heterocycles. The highest BCUT2D eigenvalue weighted by atomic mass is 19.1. The Morgan fingerprint density at radius 2 is 1.65 bits per heavy atom. The summed E-state index contributed by atoms with van der Waals surface area (Å²) >= 11 is 0. The van der Waals surface area contributed by atoms with Crippen LogP contribution in [-0.2, 0) is 4.74 Å². The number of ether oxygens (including phenoxy) is 1. The van der Waals surface area contributed by atoms with Crippen molar-refractivity contribution >= 4 is 23.4 Å². The van der Waals surface area contributed by atoms with Gasteiger partial charge in [0.25, 0.3) is 5.91 Å². The van der Waals surface area contributed by atoms with Crippen LogP contribution in [0.1, 0.15) is 10.4 Å². The Hall–Kier alpha value is -3.03. The molecule has 120 valence electrons. The van der Waals surface area contributed by atoms with Crippen molar-refractivity contribution in [1.82, 2.24) is 0 Å². The highest BCUT2D eigenvalue weighted by Crippen LogP contribution is 2.21. The molecule has 2 rings (SSSR count). The van der Waals surface area contributed by atoms with Gasteiger partial charge in [-0.1, -0.05) is 0 Å². The van der Waals surface area contributed by atoms with E-state index in [1.807, 2.05) is 0 Å². The molecule has 0 aliphatic carbocycles. The molecule has 2 aromatic rings. The van der Waals surface area contributed by atoms with Crippen molar-refractivity contribution in [2.45, 2.75) is 0 Å². The summed E-state index contributed by atoms with van der Waals surface area (Å²) in [6.45, 7) is 0. The Bertz CT molecular complexity index is 766. The monoisotopic (exact) mass is 324 g/mol. The summed E-state index contributed by atoms with van der Waals surface area (Å²) in [4.78, 5) is 23.0. The number of anilines is 2. The Kier molecular flexibility index (Phi) is 4.85. The van der Waals surface area contributed by atoms with E-state index in [0.29, 0.717) is 0 Å². The van der Waals surface area contributed by atoms with Crippen molar-refractivity contribution in [1.29, 1.82) is 0 Å². The molecule has 0 saturated carbocycles. The molecule has 0 spiro atoms. The van der Waals surface area contributed by atoms with Crippen LogP contribution in [0.25, 0.3) is 0 Å². The Labute approximate surface area is 129 Å². The van der Waals surface area contributed by atoms with Crippen molar-refractivity contribution in [3.63, 3.8) is 0 Å². The summed E-state index contributed by atoms with van der Waals surface area (Å²) in [5, 5.41) is 4.39. The number of rotatable bonds is 3. The first-order chi connectivity index (χ1) is 10.9. The van der Waals surface area contributed by atoms with E-state index < -0.39 is 35.0 Å². The molecule has 0 atom stereocenters. The summed E-state index contributed by atoms with van der Waals surface area (Å²) in [5.74, 6) is -3.36. The molecule has 23 heavy (non-hydrogen) atoms. The first-order valence-electron chi connectivity index (χ1n) is 6.31. The fraction of sp³-hybridized carbons (Fsp3) is 0.0667. The third kappa shape index (κ3) is 4.00. The molecule has 0 heterocycles. The summed E-state index contributed by atoms with van der Waals surface area (Å²) < 4.78 is 44.5. The lowest BCUT2D eigenvalue weighted by Gasteiger charge is -2.10. The van der Waals surface area contributed by atoms with Crippen molar-refractivity contribution in [3.8, 4) is 0 Å². The van der Waals surface area contributed by atoms with E-state index in [0.717, 1.165) is 37.4 Å². The predicted octanol–water partition coefficient (Wildman–Crippen LogP) is 3.53. The molecule has 0 saturated heterocycles. The van der Waals surface area contributed by atoms with Crippen LogP contribution in [0.3, 0.4) is 0 Å². The summed E-state index contributed by atoms with van der Waals surface area (Å²) in [5.41, 5.74) is -0.669. The predicted molar refractivity (Wildman–Crippen MR) is 76.7 cm³/mol. The molecule has 0 bridgehead atoms. The normalized spacial score (nSPS) is 10.1. The third-order valence-electron chi connectivity index (χ3n) is 2.82. The van der Waals surface area contributed by atoms with Gasteiger partial charge in [-0.2, -0.15) is 0 Å². The number of halogens is 3. The van der Waals surface area contributed by atoms with E-state index in [2.05, 4.69) is 15.4 Å². The Balaban J connectivity index is 2.22. The van der Waals surface area contributed by atoms with Gasteiger partial charge in [0.15, 0.2) is 0 Å². The lowest BCUT2D eigenvalue weighted by molar-refractivity contribution is 0.102. The van der Waals surface area contributed by atoms with Crippen molar-refractivity contribution in [3.05, 3.63) is 59.4 Å². The number of methoxy groups -OCH3 is 1. The number of nitrogens with one attached hydrogen (secondary N) is 2. The minimum Gasteiger partial charge on any atom is -0.453 e. The minimum atomic E-state index is -0.919. The first-order valence-corrected chi connectivity index (χ1v) is 6.31. The van der Waals surface area contributed by atoms with Crippen LogP contribution in [0.4, 0.5) is 29.3 Å². The number of benzene rings is 2. The van der Waals surface area contributed by atoms with Gasteiger partial charge < -0.3 is 10.1 Å². The van der Waals surface area contributed by atoms with Gasteiger partial charge in [0, 0.05) is 5.69 Å². The average molecular weight is 324 g/mol. The summed E-state index contributed by atoms with van der Waals surface area (Å²) in [6.07, 6.45) is -0.899. The molecule has 5 nitrogen and oxygen atoms in total. The van der Waals surface area contributed by atoms with Gasteiger partial charge >= 0.3 is 6.09 Å². The lowest BCUT2D eigenvalue weighted by Crippen LogP contribution is -2.15. The van der Waals surface area contributed by atoms with Gasteiger partial charge in [-0.05, 0) is 36.4 Å². The zero-order chi connectivity index (χ0) is 17.0. The molecule has 0 aliphatic rings. The highest BCUT2D eigenvalue weighted by Gasteiger charge is 2.14. The number of hydrogen-bond donors (Lipinski definition) is 2. The Morgan fingerprint density at radius 3 is 2.35 bits per heavy atom. The van der Waals surface area contributed by atoms with E-state index in [-0.39, 0.29) is 11.4 Å². The second-order valence-corrected chi connectivity index (χ2v) is 4.39. The zero-order valence-electron chi connectivity index (χ0n) is 11.8. The van der Waals surface area contributed by atoms with Crippen LogP contribution in [0.5, 0.6) is 0 Å². The van der Waals surface area contributed by atoms with Gasteiger partial charge in [0.2, 0.25) is 0 Å². The molecule has 0 aliphatic heterocycles. The van der Waals surface area contributed by atoms with Crippen LogP contribution in [0.2, 0.25) is 0 Å². The number of amides is 2. The van der Waals surface area contributed by atoms with E-state index in [1.165, 1.54) is 6.07 Å². The molecule has 0 fully saturated rings. The van der Waals surface area contributed by atoms with Crippen molar-refractivity contribution in [2.75, 3.05) is 17.7 Å². The van der Waals surface area contributed by atoms with Crippen molar-refractivity contribution < 1.29 is 27.5 Å².